The summed E-state index contributed by atoms with van der Waals surface area (Å²) in [6, 6.07) is 18.7. The molecule has 1 aromatic heterocycles. The number of nitrogens with zero attached hydrogens (tertiary/aromatic N) is 5. The van der Waals surface area contributed by atoms with E-state index in [-0.39, 0.29) is 35.8 Å². The summed E-state index contributed by atoms with van der Waals surface area (Å²) >= 11 is 0. The zero-order chi connectivity index (χ0) is 23.0. The molecule has 166 valence electrons. The fourth-order valence-corrected chi connectivity index (χ4v) is 3.45. The number of nitrogens with two attached hydrogens (primary N) is 1. The molecule has 0 aliphatic carbocycles. The van der Waals surface area contributed by atoms with Gasteiger partial charge in [-0.1, -0.05) is 36.4 Å². The Kier molecular flexibility index (Phi) is 6.75. The summed E-state index contributed by atoms with van der Waals surface area (Å²) in [5.41, 5.74) is 7.45. The molecule has 1 fully saturated rings. The fraction of sp³-hybridized carbons (Fsp3) is 0.208. The van der Waals surface area contributed by atoms with Crippen LogP contribution in [0.2, 0.25) is 0 Å². The van der Waals surface area contributed by atoms with Crippen molar-refractivity contribution in [2.75, 3.05) is 30.7 Å². The lowest BCUT2D eigenvalue weighted by molar-refractivity contribution is -0.132. The molecule has 1 amide bonds. The largest absolute Gasteiger partial charge is 0.483 e. The Hall–Kier alpha value is -4.45. The van der Waals surface area contributed by atoms with Crippen LogP contribution in [0, 0.1) is 11.3 Å². The van der Waals surface area contributed by atoms with Crippen molar-refractivity contribution >= 4 is 35.1 Å². The van der Waals surface area contributed by atoms with Gasteiger partial charge in [-0.2, -0.15) is 20.2 Å². The Bertz CT molecular complexity index is 1200. The molecule has 1 aliphatic rings. The minimum absolute atomic E-state index is 0.0136. The van der Waals surface area contributed by atoms with Gasteiger partial charge in [0.05, 0.1) is 5.57 Å². The van der Waals surface area contributed by atoms with Crippen molar-refractivity contribution in [1.82, 2.24) is 19.9 Å². The molecule has 9 heteroatoms. The van der Waals surface area contributed by atoms with Crippen LogP contribution in [0.4, 0.5) is 17.6 Å². The molecule has 1 saturated heterocycles. The number of hydrogen-bond acceptors (Lipinski definition) is 8. The molecule has 4 rings (SSSR count). The number of likely N-dealkylation sites (tertiary alicyclic amines) is 1. The van der Waals surface area contributed by atoms with Gasteiger partial charge in [0.2, 0.25) is 11.9 Å². The highest BCUT2D eigenvalue weighted by atomic mass is 16.5. The topological polar surface area (TPSA) is 130 Å². The van der Waals surface area contributed by atoms with E-state index in [4.69, 9.17) is 10.5 Å². The van der Waals surface area contributed by atoms with Gasteiger partial charge in [-0.05, 0) is 37.1 Å². The molecule has 1 aliphatic heterocycles. The van der Waals surface area contributed by atoms with Crippen LogP contribution in [0.15, 0.2) is 54.6 Å². The first-order chi connectivity index (χ1) is 16.1. The zero-order valence-electron chi connectivity index (χ0n) is 17.9. The summed E-state index contributed by atoms with van der Waals surface area (Å²) in [7, 11) is 0. The number of nitrogen functional groups attached to an aromatic ring is 1. The van der Waals surface area contributed by atoms with E-state index in [2.05, 4.69) is 26.3 Å². The molecule has 0 radical (unpaired) electrons. The van der Waals surface area contributed by atoms with E-state index in [0.717, 1.165) is 31.6 Å². The quantitative estimate of drug-likeness (QED) is 0.534. The first-order valence-electron chi connectivity index (χ1n) is 10.6. The average Bonchev–Trinajstić information content (AvgIpc) is 3.37. The van der Waals surface area contributed by atoms with Crippen LogP contribution in [0.1, 0.15) is 24.2 Å². The number of rotatable bonds is 7. The highest BCUT2D eigenvalue weighted by Crippen LogP contribution is 2.24. The van der Waals surface area contributed by atoms with Crippen LogP contribution in [0.25, 0.3) is 11.6 Å². The van der Waals surface area contributed by atoms with E-state index < -0.39 is 0 Å². The molecule has 2 aromatic carbocycles. The monoisotopic (exact) mass is 441 g/mol. The number of benzene rings is 2. The maximum Gasteiger partial charge on any atom is 0.260 e. The summed E-state index contributed by atoms with van der Waals surface area (Å²) in [5, 5.41) is 12.8. The molecular weight excluding hydrogens is 418 g/mol. The smallest absolute Gasteiger partial charge is 0.260 e. The summed E-state index contributed by atoms with van der Waals surface area (Å²) in [6.45, 7) is 1.47. The summed E-state index contributed by atoms with van der Waals surface area (Å²) in [6.07, 6.45) is 3.65. The number of hydrogen-bond donors (Lipinski definition) is 2. The molecule has 0 saturated carbocycles. The number of carbonyl (C=O) groups excluding carboxylic acids is 1. The second-order valence-electron chi connectivity index (χ2n) is 7.42. The first-order valence-corrected chi connectivity index (χ1v) is 10.6. The lowest BCUT2D eigenvalue weighted by Gasteiger charge is -2.16. The number of aromatic nitrogens is 3. The van der Waals surface area contributed by atoms with Gasteiger partial charge in [0.25, 0.3) is 5.91 Å². The molecule has 0 atom stereocenters. The highest BCUT2D eigenvalue weighted by Gasteiger charge is 2.18. The van der Waals surface area contributed by atoms with Gasteiger partial charge < -0.3 is 20.7 Å². The molecule has 3 N–H and O–H groups in total. The predicted octanol–water partition coefficient (Wildman–Crippen LogP) is 3.26. The molecule has 33 heavy (non-hydrogen) atoms. The van der Waals surface area contributed by atoms with E-state index in [1.54, 1.807) is 23.1 Å². The lowest BCUT2D eigenvalue weighted by atomic mass is 10.1. The number of anilines is 3. The maximum atomic E-state index is 12.3. The minimum Gasteiger partial charge on any atom is -0.483 e. The van der Waals surface area contributed by atoms with Gasteiger partial charge >= 0.3 is 0 Å². The van der Waals surface area contributed by atoms with E-state index in [1.807, 2.05) is 42.5 Å². The Morgan fingerprint density at radius 1 is 1.09 bits per heavy atom. The molecular formula is C24H23N7O2. The summed E-state index contributed by atoms with van der Waals surface area (Å²) < 4.78 is 5.78. The predicted molar refractivity (Wildman–Crippen MR) is 125 cm³/mol. The zero-order valence-corrected chi connectivity index (χ0v) is 17.9. The Morgan fingerprint density at radius 3 is 2.58 bits per heavy atom. The average molecular weight is 441 g/mol. The van der Waals surface area contributed by atoms with Crippen molar-refractivity contribution in [3.05, 3.63) is 66.0 Å². The standard InChI is InChI=1S/C24H23N7O2/c25-15-18(22-28-23(26)30-24(29-22)27-19-9-2-1-3-10-19)14-17-8-4-5-11-20(17)33-16-21(32)31-12-6-7-13-31/h1-5,8-11,14H,6-7,12-13,16H2,(H3,26,27,28,29,30)/b18-14+. The normalized spacial score (nSPS) is 13.4. The van der Waals surface area contributed by atoms with Crippen molar-refractivity contribution in [3.63, 3.8) is 0 Å². The Balaban J connectivity index is 1.57. The molecule has 2 heterocycles. The third-order valence-corrected chi connectivity index (χ3v) is 5.07. The van der Waals surface area contributed by atoms with Crippen LogP contribution in [-0.2, 0) is 4.79 Å². The maximum absolute atomic E-state index is 12.3. The second-order valence-corrected chi connectivity index (χ2v) is 7.42. The molecule has 3 aromatic rings. The van der Waals surface area contributed by atoms with Crippen LogP contribution >= 0.6 is 0 Å². The van der Waals surface area contributed by atoms with Gasteiger partial charge in [0.15, 0.2) is 12.4 Å². The summed E-state index contributed by atoms with van der Waals surface area (Å²) in [4.78, 5) is 26.7. The SMILES string of the molecule is N#C/C(=C\c1ccccc1OCC(=O)N1CCCC1)c1nc(N)nc(Nc2ccccc2)n1. The number of nitrogens with one attached hydrogen (secondary N) is 1. The van der Waals surface area contributed by atoms with Crippen molar-refractivity contribution in [2.24, 2.45) is 0 Å². The number of nitriles is 1. The van der Waals surface area contributed by atoms with Crippen molar-refractivity contribution in [1.29, 1.82) is 5.26 Å². The number of para-hydroxylation sites is 2. The number of ether oxygens (including phenoxy) is 1. The van der Waals surface area contributed by atoms with Gasteiger partial charge in [-0.15, -0.1) is 0 Å². The van der Waals surface area contributed by atoms with Crippen LogP contribution < -0.4 is 15.8 Å². The van der Waals surface area contributed by atoms with Crippen LogP contribution in [0.3, 0.4) is 0 Å². The van der Waals surface area contributed by atoms with Crippen LogP contribution in [0.5, 0.6) is 5.75 Å². The highest BCUT2D eigenvalue weighted by molar-refractivity contribution is 5.88. The van der Waals surface area contributed by atoms with Crippen molar-refractivity contribution in [2.45, 2.75) is 12.8 Å². The third kappa shape index (κ3) is 5.62. The number of carbonyl (C=O) groups is 1. The lowest BCUT2D eigenvalue weighted by Crippen LogP contribution is -2.32. The second kappa shape index (κ2) is 10.2. The first kappa shape index (κ1) is 21.8. The number of amides is 1. The van der Waals surface area contributed by atoms with Crippen LogP contribution in [-0.4, -0.2) is 45.5 Å². The molecule has 0 unspecified atom stereocenters. The van der Waals surface area contributed by atoms with E-state index in [9.17, 15) is 10.1 Å². The van der Waals surface area contributed by atoms with Gasteiger partial charge in [-0.3, -0.25) is 4.79 Å². The minimum atomic E-state index is -0.0589. The van der Waals surface area contributed by atoms with Crippen molar-refractivity contribution in [3.8, 4) is 11.8 Å². The number of allylic oxidation sites excluding steroid dienone is 1. The molecule has 0 bridgehead atoms. The van der Waals surface area contributed by atoms with Gasteiger partial charge in [0.1, 0.15) is 11.8 Å². The molecule has 0 spiro atoms. The van der Waals surface area contributed by atoms with Gasteiger partial charge in [-0.25, -0.2) is 0 Å². The Labute approximate surface area is 191 Å². The summed E-state index contributed by atoms with van der Waals surface area (Å²) in [5.74, 6) is 0.786. The van der Waals surface area contributed by atoms with Gasteiger partial charge in [0, 0.05) is 24.3 Å². The van der Waals surface area contributed by atoms with Crippen molar-refractivity contribution < 1.29 is 9.53 Å². The van der Waals surface area contributed by atoms with E-state index >= 15 is 0 Å². The van der Waals surface area contributed by atoms with E-state index in [0.29, 0.717) is 11.3 Å². The fourth-order valence-electron chi connectivity index (χ4n) is 3.45. The Morgan fingerprint density at radius 2 is 1.82 bits per heavy atom. The third-order valence-electron chi connectivity index (χ3n) is 5.07. The van der Waals surface area contributed by atoms with E-state index in [1.165, 1.54) is 0 Å². The molecule has 9 nitrogen and oxygen atoms in total.